The molecule has 2 atom stereocenters. The van der Waals surface area contributed by atoms with E-state index in [-0.39, 0.29) is 12.1 Å². The minimum Gasteiger partial charge on any atom is -0.388 e. The van der Waals surface area contributed by atoms with E-state index in [9.17, 15) is 32.6 Å². The summed E-state index contributed by atoms with van der Waals surface area (Å²) in [7, 11) is 0. The first-order valence-electron chi connectivity index (χ1n) is 5.60. The lowest BCUT2D eigenvalue weighted by molar-refractivity contribution is -0.140. The fourth-order valence-corrected chi connectivity index (χ4v) is 1.53. The Hall–Kier alpha value is -1.67. The second-order valence-electron chi connectivity index (χ2n) is 4.19. The molecule has 0 saturated carbocycles. The highest BCUT2D eigenvalue weighted by Crippen LogP contribution is 2.32. The largest absolute Gasteiger partial charge is 0.419 e. The van der Waals surface area contributed by atoms with Crippen molar-refractivity contribution in [3.63, 3.8) is 0 Å². The molecule has 0 aliphatic heterocycles. The maximum atomic E-state index is 13.3. The van der Waals surface area contributed by atoms with Crippen LogP contribution in [0.15, 0.2) is 18.2 Å². The molecular formula is C12H13F4NO3. The van der Waals surface area contributed by atoms with Crippen LogP contribution in [-0.4, -0.2) is 28.8 Å². The standard InChI is InChI=1S/C12H13F4NO3/c1-6(18)17-5-10(19)11(20)7-2-3-8(9(13)4-7)12(14,15)16/h2-4,10-11,19-20H,5H2,1H3,(H,17,18). The zero-order valence-corrected chi connectivity index (χ0v) is 10.4. The number of rotatable bonds is 4. The summed E-state index contributed by atoms with van der Waals surface area (Å²) in [5.74, 6) is -1.99. The van der Waals surface area contributed by atoms with E-state index in [0.717, 1.165) is 6.07 Å². The molecule has 20 heavy (non-hydrogen) atoms. The van der Waals surface area contributed by atoms with Crippen LogP contribution in [0.4, 0.5) is 17.6 Å². The van der Waals surface area contributed by atoms with Crippen molar-refractivity contribution in [1.29, 1.82) is 0 Å². The van der Waals surface area contributed by atoms with Crippen molar-refractivity contribution < 1.29 is 32.6 Å². The third kappa shape index (κ3) is 4.17. The van der Waals surface area contributed by atoms with Crippen LogP contribution < -0.4 is 5.32 Å². The van der Waals surface area contributed by atoms with Crippen LogP contribution in [0.25, 0.3) is 0 Å². The van der Waals surface area contributed by atoms with Gasteiger partial charge in [-0.1, -0.05) is 6.07 Å². The van der Waals surface area contributed by atoms with Gasteiger partial charge in [0.2, 0.25) is 5.91 Å². The smallest absolute Gasteiger partial charge is 0.388 e. The first-order chi connectivity index (χ1) is 9.12. The van der Waals surface area contributed by atoms with Gasteiger partial charge in [0, 0.05) is 13.5 Å². The molecule has 2 unspecified atom stereocenters. The van der Waals surface area contributed by atoms with Gasteiger partial charge in [0.25, 0.3) is 0 Å². The molecule has 4 nitrogen and oxygen atoms in total. The minimum absolute atomic E-state index is 0.214. The Balaban J connectivity index is 2.87. The summed E-state index contributed by atoms with van der Waals surface area (Å²) in [6, 6.07) is 1.86. The third-order valence-electron chi connectivity index (χ3n) is 2.56. The van der Waals surface area contributed by atoms with E-state index in [1.807, 2.05) is 0 Å². The molecule has 0 heterocycles. The summed E-state index contributed by atoms with van der Waals surface area (Å²) < 4.78 is 50.4. The Kier molecular flexibility index (Phi) is 5.07. The van der Waals surface area contributed by atoms with Gasteiger partial charge in [-0.05, 0) is 17.7 Å². The SMILES string of the molecule is CC(=O)NCC(O)C(O)c1ccc(C(F)(F)F)c(F)c1. The number of carbonyl (C=O) groups is 1. The number of aliphatic hydroxyl groups excluding tert-OH is 2. The monoisotopic (exact) mass is 295 g/mol. The lowest BCUT2D eigenvalue weighted by Gasteiger charge is -2.19. The number of hydrogen-bond acceptors (Lipinski definition) is 3. The molecule has 0 spiro atoms. The van der Waals surface area contributed by atoms with E-state index in [0.29, 0.717) is 12.1 Å². The summed E-state index contributed by atoms with van der Waals surface area (Å²) in [6.07, 6.45) is -7.91. The van der Waals surface area contributed by atoms with E-state index in [1.165, 1.54) is 6.92 Å². The Morgan fingerprint density at radius 3 is 2.40 bits per heavy atom. The van der Waals surface area contributed by atoms with Gasteiger partial charge in [-0.2, -0.15) is 13.2 Å². The van der Waals surface area contributed by atoms with E-state index in [4.69, 9.17) is 0 Å². The number of alkyl halides is 3. The van der Waals surface area contributed by atoms with Crippen LogP contribution >= 0.6 is 0 Å². The topological polar surface area (TPSA) is 69.6 Å². The lowest BCUT2D eigenvalue weighted by Crippen LogP contribution is -2.34. The van der Waals surface area contributed by atoms with Crippen molar-refractivity contribution in [2.75, 3.05) is 6.54 Å². The Labute approximate surface area is 112 Å². The van der Waals surface area contributed by atoms with Gasteiger partial charge in [-0.25, -0.2) is 4.39 Å². The number of hydrogen-bond donors (Lipinski definition) is 3. The predicted molar refractivity (Wildman–Crippen MR) is 61.1 cm³/mol. The van der Waals surface area contributed by atoms with Crippen LogP contribution in [-0.2, 0) is 11.0 Å². The average Bonchev–Trinajstić information content (AvgIpc) is 2.33. The van der Waals surface area contributed by atoms with Gasteiger partial charge < -0.3 is 15.5 Å². The second-order valence-corrected chi connectivity index (χ2v) is 4.19. The summed E-state index contributed by atoms with van der Waals surface area (Å²) >= 11 is 0. The van der Waals surface area contributed by atoms with Crippen LogP contribution in [0, 0.1) is 5.82 Å². The highest BCUT2D eigenvalue weighted by atomic mass is 19.4. The van der Waals surface area contributed by atoms with Crippen molar-refractivity contribution in [2.45, 2.75) is 25.3 Å². The first-order valence-corrected chi connectivity index (χ1v) is 5.60. The highest BCUT2D eigenvalue weighted by molar-refractivity contribution is 5.72. The van der Waals surface area contributed by atoms with Gasteiger partial charge in [0.05, 0.1) is 5.56 Å². The van der Waals surface area contributed by atoms with Crippen molar-refractivity contribution in [1.82, 2.24) is 5.32 Å². The molecule has 1 aromatic rings. The molecule has 0 aliphatic carbocycles. The Bertz CT molecular complexity index is 490. The van der Waals surface area contributed by atoms with Gasteiger partial charge in [0.15, 0.2) is 0 Å². The molecule has 1 amide bonds. The molecule has 3 N–H and O–H groups in total. The zero-order chi connectivity index (χ0) is 15.5. The fourth-order valence-electron chi connectivity index (χ4n) is 1.53. The maximum Gasteiger partial charge on any atom is 0.419 e. The van der Waals surface area contributed by atoms with E-state index in [1.54, 1.807) is 0 Å². The van der Waals surface area contributed by atoms with E-state index in [2.05, 4.69) is 5.32 Å². The van der Waals surface area contributed by atoms with Crippen LogP contribution in [0.2, 0.25) is 0 Å². The second kappa shape index (κ2) is 6.19. The van der Waals surface area contributed by atoms with Crippen molar-refractivity contribution >= 4 is 5.91 Å². The molecular weight excluding hydrogens is 282 g/mol. The number of amides is 1. The molecule has 0 bridgehead atoms. The van der Waals surface area contributed by atoms with E-state index >= 15 is 0 Å². The van der Waals surface area contributed by atoms with Crippen LogP contribution in [0.3, 0.4) is 0 Å². The molecule has 0 saturated heterocycles. The van der Waals surface area contributed by atoms with Crippen LogP contribution in [0.5, 0.6) is 0 Å². The summed E-state index contributed by atoms with van der Waals surface area (Å²) in [5, 5.41) is 21.4. The normalized spacial score (nSPS) is 14.8. The van der Waals surface area contributed by atoms with Gasteiger partial charge in [0.1, 0.15) is 18.0 Å². The molecule has 0 aliphatic rings. The predicted octanol–water partition coefficient (Wildman–Crippen LogP) is 1.37. The average molecular weight is 295 g/mol. The first kappa shape index (κ1) is 16.4. The van der Waals surface area contributed by atoms with Crippen molar-refractivity contribution in [3.05, 3.63) is 35.1 Å². The molecule has 1 aromatic carbocycles. The number of benzene rings is 1. The number of carbonyl (C=O) groups excluding carboxylic acids is 1. The molecule has 1 rings (SSSR count). The number of halogens is 4. The molecule has 8 heteroatoms. The highest BCUT2D eigenvalue weighted by Gasteiger charge is 2.34. The number of nitrogens with one attached hydrogen (secondary N) is 1. The quantitative estimate of drug-likeness (QED) is 0.735. The van der Waals surface area contributed by atoms with E-state index < -0.39 is 35.7 Å². The molecule has 0 fully saturated rings. The number of aliphatic hydroxyl groups is 2. The van der Waals surface area contributed by atoms with Crippen LogP contribution in [0.1, 0.15) is 24.2 Å². The summed E-state index contributed by atoms with van der Waals surface area (Å²) in [6.45, 7) is 0.885. The lowest BCUT2D eigenvalue weighted by atomic mass is 10.0. The van der Waals surface area contributed by atoms with Gasteiger partial charge >= 0.3 is 6.18 Å². The third-order valence-corrected chi connectivity index (χ3v) is 2.56. The molecule has 112 valence electrons. The van der Waals surface area contributed by atoms with Crippen molar-refractivity contribution in [2.24, 2.45) is 0 Å². The fraction of sp³-hybridized carbons (Fsp3) is 0.417. The minimum atomic E-state index is -4.83. The van der Waals surface area contributed by atoms with Gasteiger partial charge in [-0.15, -0.1) is 0 Å². The molecule has 0 aromatic heterocycles. The summed E-state index contributed by atoms with van der Waals surface area (Å²) in [5.41, 5.74) is -1.67. The summed E-state index contributed by atoms with van der Waals surface area (Å²) in [4.78, 5) is 10.6. The Morgan fingerprint density at radius 1 is 1.35 bits per heavy atom. The maximum absolute atomic E-state index is 13.3. The van der Waals surface area contributed by atoms with Gasteiger partial charge in [-0.3, -0.25) is 4.79 Å². The zero-order valence-electron chi connectivity index (χ0n) is 10.4. The Morgan fingerprint density at radius 2 is 1.95 bits per heavy atom. The van der Waals surface area contributed by atoms with Crippen molar-refractivity contribution in [3.8, 4) is 0 Å². The molecule has 0 radical (unpaired) electrons.